The van der Waals surface area contributed by atoms with Crippen molar-refractivity contribution < 1.29 is 39.1 Å². The second kappa shape index (κ2) is 13.7. The zero-order valence-electron chi connectivity index (χ0n) is 24.7. The molecule has 5 atom stereocenters. The zero-order valence-corrected chi connectivity index (χ0v) is 24.7. The van der Waals surface area contributed by atoms with Crippen LogP contribution in [0, 0.1) is 22.7 Å². The third-order valence-corrected chi connectivity index (χ3v) is 9.48. The molecule has 0 spiro atoms. The van der Waals surface area contributed by atoms with E-state index in [1.807, 2.05) is 6.92 Å². The van der Waals surface area contributed by atoms with Gasteiger partial charge in [-0.1, -0.05) is 31.6 Å². The van der Waals surface area contributed by atoms with Gasteiger partial charge in [0, 0.05) is 6.08 Å². The van der Waals surface area contributed by atoms with Crippen LogP contribution in [-0.2, 0) is 9.53 Å². The van der Waals surface area contributed by atoms with Crippen molar-refractivity contribution in [3.63, 3.8) is 0 Å². The predicted molar refractivity (Wildman–Crippen MR) is 154 cm³/mol. The van der Waals surface area contributed by atoms with E-state index in [0.29, 0.717) is 35.7 Å². The monoisotopic (exact) mass is 558 g/mol. The molecule has 0 bridgehead atoms. The van der Waals surface area contributed by atoms with E-state index < -0.39 is 17.5 Å². The summed E-state index contributed by atoms with van der Waals surface area (Å²) in [5.41, 5.74) is 1.72. The molecule has 8 nitrogen and oxygen atoms in total. The molecule has 2 aliphatic rings. The van der Waals surface area contributed by atoms with E-state index in [4.69, 9.17) is 18.9 Å². The fourth-order valence-electron chi connectivity index (χ4n) is 6.90. The van der Waals surface area contributed by atoms with E-state index in [0.717, 1.165) is 30.4 Å². The van der Waals surface area contributed by atoms with Crippen LogP contribution in [0.2, 0.25) is 0 Å². The summed E-state index contributed by atoms with van der Waals surface area (Å²) < 4.78 is 22.0. The smallest absolute Gasteiger partial charge is 0.330 e. The summed E-state index contributed by atoms with van der Waals surface area (Å²) in [6.45, 7) is 6.38. The molecule has 3 rings (SSSR count). The number of carbonyl (C=O) groups excluding carboxylic acids is 1. The average molecular weight is 559 g/mol. The van der Waals surface area contributed by atoms with E-state index in [1.54, 1.807) is 24.3 Å². The van der Waals surface area contributed by atoms with E-state index in [9.17, 15) is 20.1 Å². The first-order valence-electron chi connectivity index (χ1n) is 14.0. The minimum Gasteiger partial charge on any atom is -0.493 e. The Labute approximate surface area is 238 Å². The van der Waals surface area contributed by atoms with Crippen LogP contribution in [0.5, 0.6) is 17.2 Å². The first-order chi connectivity index (χ1) is 19.1. The maximum Gasteiger partial charge on any atom is 0.330 e. The van der Waals surface area contributed by atoms with Gasteiger partial charge in [0.05, 0.1) is 46.1 Å². The Hall–Kier alpha value is -2.81. The number of benzene rings is 1. The van der Waals surface area contributed by atoms with Crippen LogP contribution in [-0.4, -0.2) is 68.5 Å². The molecule has 3 N–H and O–H groups in total. The van der Waals surface area contributed by atoms with Gasteiger partial charge in [-0.25, -0.2) is 4.79 Å². The standard InChI is InChI=1S/C32H46O8/c1-21-8-7-9-27-31(3,14-12-23(19-34)13-15-33)22(2)16-28(35)32(21,27)20-40-29(36)11-10-24-17-25(37-4)30(39-6)26(18-24)38-5/h8,10-11,13,17-18,22,27-28,33-35H,7,9,12,14-16,19-20H2,1-6H3/b11-10+,23-13-/t22-,27-,28-,31+,32+/m1/s1. The fraction of sp³-hybridized carbons (Fsp3) is 0.594. The molecule has 222 valence electrons. The number of fused-ring (bicyclic) bond motifs is 1. The molecule has 2 aliphatic carbocycles. The van der Waals surface area contributed by atoms with Gasteiger partial charge < -0.3 is 34.3 Å². The van der Waals surface area contributed by atoms with Crippen molar-refractivity contribution in [2.24, 2.45) is 22.7 Å². The van der Waals surface area contributed by atoms with Gasteiger partial charge >= 0.3 is 5.97 Å². The van der Waals surface area contributed by atoms with Crippen molar-refractivity contribution in [2.75, 3.05) is 41.2 Å². The van der Waals surface area contributed by atoms with Crippen molar-refractivity contribution in [1.82, 2.24) is 0 Å². The van der Waals surface area contributed by atoms with Crippen molar-refractivity contribution in [3.05, 3.63) is 47.1 Å². The van der Waals surface area contributed by atoms with Crippen LogP contribution in [0.1, 0.15) is 58.4 Å². The predicted octanol–water partition coefficient (Wildman–Crippen LogP) is 4.71. The van der Waals surface area contributed by atoms with Gasteiger partial charge in [-0.3, -0.25) is 0 Å². The number of hydrogen-bond acceptors (Lipinski definition) is 8. The lowest BCUT2D eigenvalue weighted by Gasteiger charge is -2.60. The number of allylic oxidation sites excluding steroid dienone is 1. The summed E-state index contributed by atoms with van der Waals surface area (Å²) in [6, 6.07) is 3.49. The SMILES string of the molecule is COc1cc(/C=C/C(=O)OC[C@]23C(C)=CCC[C@@H]2[C@@](C)(CC/C(=C/CO)CO)[C@H](C)C[C@H]3O)cc(OC)c1OC. The first-order valence-corrected chi connectivity index (χ1v) is 14.0. The minimum atomic E-state index is -0.685. The van der Waals surface area contributed by atoms with E-state index >= 15 is 0 Å². The number of rotatable bonds is 12. The van der Waals surface area contributed by atoms with Crippen LogP contribution >= 0.6 is 0 Å². The Kier molecular flexibility index (Phi) is 10.9. The largest absolute Gasteiger partial charge is 0.493 e. The number of ether oxygens (including phenoxy) is 4. The molecule has 1 aromatic carbocycles. The van der Waals surface area contributed by atoms with Crippen LogP contribution in [0.3, 0.4) is 0 Å². The van der Waals surface area contributed by atoms with Crippen molar-refractivity contribution in [2.45, 2.75) is 59.0 Å². The highest BCUT2D eigenvalue weighted by molar-refractivity contribution is 5.87. The van der Waals surface area contributed by atoms with Crippen LogP contribution in [0.25, 0.3) is 6.08 Å². The zero-order chi connectivity index (χ0) is 29.5. The Morgan fingerprint density at radius 1 is 1.12 bits per heavy atom. The topological polar surface area (TPSA) is 115 Å². The lowest BCUT2D eigenvalue weighted by atomic mass is 9.45. The molecule has 1 saturated carbocycles. The Bertz CT molecular complexity index is 1100. The lowest BCUT2D eigenvalue weighted by molar-refractivity contribution is -0.169. The minimum absolute atomic E-state index is 0.0846. The number of methoxy groups -OCH3 is 3. The maximum absolute atomic E-state index is 13.0. The third kappa shape index (κ3) is 6.24. The fourth-order valence-corrected chi connectivity index (χ4v) is 6.90. The van der Waals surface area contributed by atoms with Gasteiger partial charge in [-0.2, -0.15) is 0 Å². The third-order valence-electron chi connectivity index (χ3n) is 9.48. The van der Waals surface area contributed by atoms with Crippen LogP contribution in [0.4, 0.5) is 0 Å². The molecular weight excluding hydrogens is 512 g/mol. The lowest BCUT2D eigenvalue weighted by Crippen LogP contribution is -2.60. The second-order valence-electron chi connectivity index (χ2n) is 11.3. The summed E-state index contributed by atoms with van der Waals surface area (Å²) in [6.07, 6.45) is 10.1. The summed E-state index contributed by atoms with van der Waals surface area (Å²) in [4.78, 5) is 13.0. The maximum atomic E-state index is 13.0. The molecule has 0 heterocycles. The first kappa shape index (κ1) is 31.7. The van der Waals surface area contributed by atoms with Gasteiger partial charge in [-0.15, -0.1) is 0 Å². The molecule has 1 aromatic rings. The average Bonchev–Trinajstić information content (AvgIpc) is 2.95. The Morgan fingerprint density at radius 2 is 1.80 bits per heavy atom. The molecule has 0 amide bonds. The molecule has 8 heteroatoms. The summed E-state index contributed by atoms with van der Waals surface area (Å²) >= 11 is 0. The molecule has 1 fully saturated rings. The van der Waals surface area contributed by atoms with Gasteiger partial charge in [0.1, 0.15) is 6.61 Å². The quantitative estimate of drug-likeness (QED) is 0.192. The van der Waals surface area contributed by atoms with Gasteiger partial charge in [0.15, 0.2) is 11.5 Å². The molecule has 0 unspecified atom stereocenters. The van der Waals surface area contributed by atoms with Crippen LogP contribution in [0.15, 0.2) is 41.5 Å². The Balaban J connectivity index is 1.84. The molecule has 0 radical (unpaired) electrons. The van der Waals surface area contributed by atoms with Gasteiger partial charge in [-0.05, 0) is 85.6 Å². The molecule has 40 heavy (non-hydrogen) atoms. The normalized spacial score (nSPS) is 28.6. The highest BCUT2D eigenvalue weighted by atomic mass is 16.5. The number of aliphatic hydroxyl groups is 3. The van der Waals surface area contributed by atoms with Gasteiger partial charge in [0.2, 0.25) is 5.75 Å². The van der Waals surface area contributed by atoms with Gasteiger partial charge in [0.25, 0.3) is 0 Å². The molecular formula is C32H46O8. The van der Waals surface area contributed by atoms with Crippen molar-refractivity contribution >= 4 is 12.0 Å². The highest BCUT2D eigenvalue weighted by Gasteiger charge is 2.60. The highest BCUT2D eigenvalue weighted by Crippen LogP contribution is 2.62. The molecule has 0 aromatic heterocycles. The molecule has 0 saturated heterocycles. The summed E-state index contributed by atoms with van der Waals surface area (Å²) in [5, 5.41) is 30.6. The second-order valence-corrected chi connectivity index (χ2v) is 11.3. The van der Waals surface area contributed by atoms with E-state index in [-0.39, 0.29) is 37.1 Å². The molecule has 0 aliphatic heterocycles. The van der Waals surface area contributed by atoms with Crippen LogP contribution < -0.4 is 14.2 Å². The number of aliphatic hydroxyl groups excluding tert-OH is 3. The Morgan fingerprint density at radius 3 is 2.38 bits per heavy atom. The number of esters is 1. The van der Waals surface area contributed by atoms with Crippen molar-refractivity contribution in [3.8, 4) is 17.2 Å². The number of hydrogen-bond donors (Lipinski definition) is 3. The van der Waals surface area contributed by atoms with E-state index in [1.165, 1.54) is 27.4 Å². The number of carbonyl (C=O) groups is 1. The van der Waals surface area contributed by atoms with Crippen molar-refractivity contribution in [1.29, 1.82) is 0 Å². The summed E-state index contributed by atoms with van der Waals surface area (Å²) in [7, 11) is 4.60. The summed E-state index contributed by atoms with van der Waals surface area (Å²) in [5.74, 6) is 1.26. The van der Waals surface area contributed by atoms with E-state index in [2.05, 4.69) is 19.9 Å².